The summed E-state index contributed by atoms with van der Waals surface area (Å²) < 4.78 is 4.71. The van der Waals surface area contributed by atoms with Gasteiger partial charge in [0.1, 0.15) is 0 Å². The molecule has 13 heavy (non-hydrogen) atoms. The number of ether oxygens (including phenoxy) is 1. The van der Waals surface area contributed by atoms with Crippen molar-refractivity contribution in [1.82, 2.24) is 0 Å². The lowest BCUT2D eigenvalue weighted by Gasteiger charge is -2.28. The molecular formula is C11H22O2. The second-order valence-corrected chi connectivity index (χ2v) is 4.15. The third-order valence-corrected chi connectivity index (χ3v) is 3.11. The van der Waals surface area contributed by atoms with Crippen LogP contribution in [0.15, 0.2) is 0 Å². The summed E-state index contributed by atoms with van der Waals surface area (Å²) in [4.78, 5) is 11.2. The molecule has 1 atom stereocenters. The molecule has 0 aliphatic heterocycles. The minimum atomic E-state index is -0.0897. The summed E-state index contributed by atoms with van der Waals surface area (Å²) in [6, 6.07) is 0. The molecule has 0 fully saturated rings. The molecule has 0 amide bonds. The lowest BCUT2D eigenvalue weighted by molar-refractivity contribution is -0.146. The lowest BCUT2D eigenvalue weighted by atomic mass is 9.77. The van der Waals surface area contributed by atoms with Crippen molar-refractivity contribution in [2.24, 2.45) is 11.3 Å². The predicted molar refractivity (Wildman–Crippen MR) is 54.5 cm³/mol. The Kier molecular flexibility index (Phi) is 5.04. The van der Waals surface area contributed by atoms with E-state index in [9.17, 15) is 4.79 Å². The van der Waals surface area contributed by atoms with Gasteiger partial charge in [-0.2, -0.15) is 0 Å². The van der Waals surface area contributed by atoms with Gasteiger partial charge in [-0.15, -0.1) is 0 Å². The fourth-order valence-corrected chi connectivity index (χ4v) is 1.56. The molecule has 0 radical (unpaired) electrons. The Balaban J connectivity index is 4.16. The summed E-state index contributed by atoms with van der Waals surface area (Å²) in [6.07, 6.45) is 3.16. The second kappa shape index (κ2) is 5.25. The van der Waals surface area contributed by atoms with Gasteiger partial charge >= 0.3 is 5.97 Å². The van der Waals surface area contributed by atoms with Gasteiger partial charge in [0.05, 0.1) is 13.0 Å². The summed E-state index contributed by atoms with van der Waals surface area (Å²) in [6.45, 7) is 8.52. The molecule has 0 saturated heterocycles. The number of carbonyl (C=O) groups excluding carboxylic acids is 1. The van der Waals surface area contributed by atoms with Crippen LogP contribution in [0.2, 0.25) is 0 Å². The first-order chi connectivity index (χ1) is 5.99. The quantitative estimate of drug-likeness (QED) is 0.617. The molecule has 0 aliphatic rings. The van der Waals surface area contributed by atoms with Crippen molar-refractivity contribution in [3.63, 3.8) is 0 Å². The maximum absolute atomic E-state index is 11.2. The molecule has 78 valence electrons. The standard InChI is InChI=1S/C11H22O2/c1-6-11(4,7-2)8-9(3)10(12)13-5/h9H,6-8H2,1-5H3. The van der Waals surface area contributed by atoms with E-state index in [4.69, 9.17) is 4.74 Å². The average molecular weight is 186 g/mol. The van der Waals surface area contributed by atoms with Gasteiger partial charge in [-0.05, 0) is 11.8 Å². The second-order valence-electron chi connectivity index (χ2n) is 4.15. The van der Waals surface area contributed by atoms with Gasteiger partial charge in [0, 0.05) is 0 Å². The summed E-state index contributed by atoms with van der Waals surface area (Å²) in [5.41, 5.74) is 0.285. The molecule has 0 spiro atoms. The molecule has 0 aromatic heterocycles. The third-order valence-electron chi connectivity index (χ3n) is 3.11. The monoisotopic (exact) mass is 186 g/mol. The molecule has 0 bridgehead atoms. The molecule has 0 saturated carbocycles. The maximum Gasteiger partial charge on any atom is 0.308 e. The van der Waals surface area contributed by atoms with Crippen molar-refractivity contribution in [2.75, 3.05) is 7.11 Å². The van der Waals surface area contributed by atoms with Crippen LogP contribution in [0.1, 0.15) is 47.0 Å². The van der Waals surface area contributed by atoms with Gasteiger partial charge in [-0.1, -0.05) is 40.5 Å². The molecule has 2 nitrogen and oxygen atoms in total. The Labute approximate surface area is 81.7 Å². The van der Waals surface area contributed by atoms with Gasteiger partial charge in [0.25, 0.3) is 0 Å². The highest BCUT2D eigenvalue weighted by atomic mass is 16.5. The largest absolute Gasteiger partial charge is 0.469 e. The number of methoxy groups -OCH3 is 1. The molecule has 0 aromatic rings. The number of esters is 1. The van der Waals surface area contributed by atoms with Crippen LogP contribution in [0.3, 0.4) is 0 Å². The smallest absolute Gasteiger partial charge is 0.308 e. The highest BCUT2D eigenvalue weighted by molar-refractivity contribution is 5.71. The van der Waals surface area contributed by atoms with Crippen molar-refractivity contribution in [2.45, 2.75) is 47.0 Å². The summed E-state index contributed by atoms with van der Waals surface area (Å²) >= 11 is 0. The van der Waals surface area contributed by atoms with Crippen LogP contribution in [-0.2, 0) is 9.53 Å². The molecular weight excluding hydrogens is 164 g/mol. The Morgan fingerprint density at radius 3 is 2.15 bits per heavy atom. The van der Waals surface area contributed by atoms with Crippen molar-refractivity contribution < 1.29 is 9.53 Å². The molecule has 1 unspecified atom stereocenters. The lowest BCUT2D eigenvalue weighted by Crippen LogP contribution is -2.23. The summed E-state index contributed by atoms with van der Waals surface area (Å²) in [5.74, 6) is -0.0666. The Morgan fingerprint density at radius 1 is 1.38 bits per heavy atom. The van der Waals surface area contributed by atoms with Crippen molar-refractivity contribution >= 4 is 5.97 Å². The first-order valence-electron chi connectivity index (χ1n) is 5.07. The van der Waals surface area contributed by atoms with Crippen molar-refractivity contribution in [3.05, 3.63) is 0 Å². The minimum Gasteiger partial charge on any atom is -0.469 e. The van der Waals surface area contributed by atoms with Crippen LogP contribution in [-0.4, -0.2) is 13.1 Å². The first kappa shape index (κ1) is 12.5. The Hall–Kier alpha value is -0.530. The topological polar surface area (TPSA) is 26.3 Å². The van der Waals surface area contributed by atoms with Crippen LogP contribution < -0.4 is 0 Å². The van der Waals surface area contributed by atoms with E-state index in [-0.39, 0.29) is 17.3 Å². The van der Waals surface area contributed by atoms with Crippen molar-refractivity contribution in [3.8, 4) is 0 Å². The fraction of sp³-hybridized carbons (Fsp3) is 0.909. The van der Waals surface area contributed by atoms with E-state index in [0.717, 1.165) is 19.3 Å². The van der Waals surface area contributed by atoms with E-state index >= 15 is 0 Å². The van der Waals surface area contributed by atoms with E-state index in [1.807, 2.05) is 6.92 Å². The number of carbonyl (C=O) groups is 1. The zero-order valence-electron chi connectivity index (χ0n) is 9.52. The first-order valence-corrected chi connectivity index (χ1v) is 5.07. The van der Waals surface area contributed by atoms with E-state index in [2.05, 4.69) is 20.8 Å². The highest BCUT2D eigenvalue weighted by Gasteiger charge is 2.26. The van der Waals surface area contributed by atoms with Gasteiger partial charge in [0.2, 0.25) is 0 Å². The molecule has 2 heteroatoms. The van der Waals surface area contributed by atoms with Crippen LogP contribution in [0, 0.1) is 11.3 Å². The van der Waals surface area contributed by atoms with Gasteiger partial charge < -0.3 is 4.74 Å². The Morgan fingerprint density at radius 2 is 1.85 bits per heavy atom. The normalized spacial score (nSPS) is 13.9. The number of hydrogen-bond acceptors (Lipinski definition) is 2. The number of rotatable bonds is 5. The molecule has 0 aromatic carbocycles. The average Bonchev–Trinajstić information content (AvgIpc) is 2.16. The molecule has 0 rings (SSSR count). The van der Waals surface area contributed by atoms with Crippen LogP contribution in [0.25, 0.3) is 0 Å². The van der Waals surface area contributed by atoms with E-state index in [1.165, 1.54) is 7.11 Å². The summed E-state index contributed by atoms with van der Waals surface area (Å²) in [7, 11) is 1.45. The maximum atomic E-state index is 11.2. The fourth-order valence-electron chi connectivity index (χ4n) is 1.56. The van der Waals surface area contributed by atoms with Crippen LogP contribution >= 0.6 is 0 Å². The van der Waals surface area contributed by atoms with Crippen LogP contribution in [0.4, 0.5) is 0 Å². The van der Waals surface area contributed by atoms with E-state index < -0.39 is 0 Å². The molecule has 0 heterocycles. The molecule has 0 N–H and O–H groups in total. The summed E-state index contributed by atoms with van der Waals surface area (Å²) in [5, 5.41) is 0. The highest BCUT2D eigenvalue weighted by Crippen LogP contribution is 2.33. The zero-order valence-corrected chi connectivity index (χ0v) is 9.52. The SMILES string of the molecule is CCC(C)(CC)CC(C)C(=O)OC. The van der Waals surface area contributed by atoms with Gasteiger partial charge in [0.15, 0.2) is 0 Å². The van der Waals surface area contributed by atoms with Gasteiger partial charge in [-0.25, -0.2) is 0 Å². The van der Waals surface area contributed by atoms with Crippen LogP contribution in [0.5, 0.6) is 0 Å². The minimum absolute atomic E-state index is 0.0231. The van der Waals surface area contributed by atoms with Gasteiger partial charge in [-0.3, -0.25) is 4.79 Å². The number of hydrogen-bond donors (Lipinski definition) is 0. The molecule has 0 aliphatic carbocycles. The van der Waals surface area contributed by atoms with E-state index in [1.54, 1.807) is 0 Å². The predicted octanol–water partition coefficient (Wildman–Crippen LogP) is 3.01. The third kappa shape index (κ3) is 3.79. The van der Waals surface area contributed by atoms with Crippen molar-refractivity contribution in [1.29, 1.82) is 0 Å². The Bertz CT molecular complexity index is 159. The van der Waals surface area contributed by atoms with E-state index in [0.29, 0.717) is 0 Å². The zero-order chi connectivity index (χ0) is 10.5.